The second kappa shape index (κ2) is 5.57. The Hall–Kier alpha value is -0.740. The zero-order valence-electron chi connectivity index (χ0n) is 12.8. The van der Waals surface area contributed by atoms with Gasteiger partial charge in [-0.1, -0.05) is 0 Å². The number of nitrogens with zero attached hydrogens (tertiary/aromatic N) is 2. The lowest BCUT2D eigenvalue weighted by molar-refractivity contribution is 0.639. The SMILES string of the molecule is Cc1cc(CNC2CC2)cnc1N1CCSC(C)(C)C1. The normalized spacial score (nSPS) is 22.1. The molecule has 0 spiro atoms. The first kappa shape index (κ1) is 14.2. The molecule has 20 heavy (non-hydrogen) atoms. The van der Waals surface area contributed by atoms with Crippen molar-refractivity contribution in [3.8, 4) is 0 Å². The van der Waals surface area contributed by atoms with Crippen LogP contribution in [0.1, 0.15) is 37.8 Å². The topological polar surface area (TPSA) is 28.2 Å². The second-order valence-electron chi connectivity index (χ2n) is 6.67. The number of aromatic nitrogens is 1. The Labute approximate surface area is 126 Å². The predicted molar refractivity (Wildman–Crippen MR) is 87.6 cm³/mol. The Kier molecular flexibility index (Phi) is 3.95. The minimum atomic E-state index is 0.332. The first-order valence-electron chi connectivity index (χ1n) is 7.61. The van der Waals surface area contributed by atoms with Crippen LogP contribution in [0.3, 0.4) is 0 Å². The van der Waals surface area contributed by atoms with E-state index in [9.17, 15) is 0 Å². The number of anilines is 1. The fraction of sp³-hybridized carbons (Fsp3) is 0.688. The summed E-state index contributed by atoms with van der Waals surface area (Å²) in [5.41, 5.74) is 2.62. The molecule has 1 aliphatic carbocycles. The Morgan fingerprint density at radius 1 is 1.45 bits per heavy atom. The van der Waals surface area contributed by atoms with Crippen LogP contribution in [0.4, 0.5) is 5.82 Å². The molecule has 3 rings (SSSR count). The largest absolute Gasteiger partial charge is 0.354 e. The number of hydrogen-bond donors (Lipinski definition) is 1. The van der Waals surface area contributed by atoms with Crippen molar-refractivity contribution in [1.82, 2.24) is 10.3 Å². The molecule has 110 valence electrons. The van der Waals surface area contributed by atoms with E-state index in [1.54, 1.807) is 0 Å². The highest BCUT2D eigenvalue weighted by molar-refractivity contribution is 8.00. The van der Waals surface area contributed by atoms with Crippen LogP contribution in [0.25, 0.3) is 0 Å². The average molecular weight is 291 g/mol. The maximum Gasteiger partial charge on any atom is 0.131 e. The van der Waals surface area contributed by atoms with Crippen molar-refractivity contribution in [1.29, 1.82) is 0 Å². The van der Waals surface area contributed by atoms with Gasteiger partial charge in [0.25, 0.3) is 0 Å². The zero-order chi connectivity index (χ0) is 14.2. The molecule has 1 N–H and O–H groups in total. The van der Waals surface area contributed by atoms with Gasteiger partial charge in [0.1, 0.15) is 5.82 Å². The van der Waals surface area contributed by atoms with E-state index >= 15 is 0 Å². The predicted octanol–water partition coefficient (Wildman–Crippen LogP) is 2.97. The minimum absolute atomic E-state index is 0.332. The van der Waals surface area contributed by atoms with E-state index in [0.29, 0.717) is 4.75 Å². The van der Waals surface area contributed by atoms with Gasteiger partial charge in [0.15, 0.2) is 0 Å². The van der Waals surface area contributed by atoms with E-state index in [1.807, 2.05) is 6.20 Å². The van der Waals surface area contributed by atoms with Gasteiger partial charge in [-0.15, -0.1) is 0 Å². The third kappa shape index (κ3) is 3.47. The quantitative estimate of drug-likeness (QED) is 0.923. The molecular weight excluding hydrogens is 266 g/mol. The third-order valence-electron chi connectivity index (χ3n) is 4.00. The van der Waals surface area contributed by atoms with E-state index in [2.05, 4.69) is 48.8 Å². The lowest BCUT2D eigenvalue weighted by Gasteiger charge is -2.38. The molecule has 1 aliphatic heterocycles. The van der Waals surface area contributed by atoms with Crippen LogP contribution in [0.15, 0.2) is 12.3 Å². The van der Waals surface area contributed by atoms with Crippen molar-refractivity contribution >= 4 is 17.6 Å². The number of nitrogens with one attached hydrogen (secondary N) is 1. The van der Waals surface area contributed by atoms with Gasteiger partial charge in [0.2, 0.25) is 0 Å². The van der Waals surface area contributed by atoms with Crippen molar-refractivity contribution < 1.29 is 0 Å². The molecule has 2 aliphatic rings. The van der Waals surface area contributed by atoms with Crippen LogP contribution >= 0.6 is 11.8 Å². The fourth-order valence-corrected chi connectivity index (χ4v) is 3.91. The molecule has 0 radical (unpaired) electrons. The molecule has 3 nitrogen and oxygen atoms in total. The first-order chi connectivity index (χ1) is 9.53. The number of pyridine rings is 1. The van der Waals surface area contributed by atoms with E-state index in [0.717, 1.165) is 25.7 Å². The smallest absolute Gasteiger partial charge is 0.131 e. The summed E-state index contributed by atoms with van der Waals surface area (Å²) < 4.78 is 0.332. The van der Waals surface area contributed by atoms with Gasteiger partial charge in [-0.25, -0.2) is 4.98 Å². The number of rotatable bonds is 4. The van der Waals surface area contributed by atoms with E-state index < -0.39 is 0 Å². The molecule has 2 heterocycles. The standard InChI is InChI=1S/C16H25N3S/c1-12-8-13(9-17-14-4-5-14)10-18-15(12)19-6-7-20-16(2,3)11-19/h8,10,14,17H,4-7,9,11H2,1-3H3. The molecule has 0 unspecified atom stereocenters. The van der Waals surface area contributed by atoms with Gasteiger partial charge in [-0.05, 0) is 50.8 Å². The van der Waals surface area contributed by atoms with Gasteiger partial charge < -0.3 is 10.2 Å². The lowest BCUT2D eigenvalue weighted by atomic mass is 10.1. The maximum atomic E-state index is 4.74. The molecule has 1 aromatic rings. The summed E-state index contributed by atoms with van der Waals surface area (Å²) in [5, 5.41) is 3.56. The Bertz CT molecular complexity index is 483. The molecule has 1 saturated heterocycles. The second-order valence-corrected chi connectivity index (χ2v) is 8.47. The van der Waals surface area contributed by atoms with Crippen molar-refractivity contribution in [3.63, 3.8) is 0 Å². The first-order valence-corrected chi connectivity index (χ1v) is 8.60. The summed E-state index contributed by atoms with van der Waals surface area (Å²) in [5.74, 6) is 2.37. The van der Waals surface area contributed by atoms with Crippen LogP contribution in [-0.4, -0.2) is 34.6 Å². The number of hydrogen-bond acceptors (Lipinski definition) is 4. The van der Waals surface area contributed by atoms with Crippen molar-refractivity contribution in [2.24, 2.45) is 0 Å². The highest BCUT2D eigenvalue weighted by Crippen LogP contribution is 2.32. The summed E-state index contributed by atoms with van der Waals surface area (Å²) in [6.07, 6.45) is 4.72. The maximum absolute atomic E-state index is 4.74. The van der Waals surface area contributed by atoms with Gasteiger partial charge in [0.05, 0.1) is 0 Å². The summed E-state index contributed by atoms with van der Waals surface area (Å²) in [4.78, 5) is 7.19. The van der Waals surface area contributed by atoms with Crippen LogP contribution in [-0.2, 0) is 6.54 Å². The van der Waals surface area contributed by atoms with Crippen molar-refractivity contribution in [3.05, 3.63) is 23.4 Å². The van der Waals surface area contributed by atoms with Gasteiger partial charge in [-0.3, -0.25) is 0 Å². The summed E-state index contributed by atoms with van der Waals surface area (Å²) in [7, 11) is 0. The van der Waals surface area contributed by atoms with Gasteiger partial charge in [-0.2, -0.15) is 11.8 Å². The van der Waals surface area contributed by atoms with E-state index in [4.69, 9.17) is 4.98 Å². The molecule has 0 aromatic carbocycles. The minimum Gasteiger partial charge on any atom is -0.354 e. The molecule has 0 atom stereocenters. The van der Waals surface area contributed by atoms with Crippen LogP contribution in [0, 0.1) is 6.92 Å². The molecular formula is C16H25N3S. The Morgan fingerprint density at radius 2 is 2.25 bits per heavy atom. The Balaban J connectivity index is 1.69. The molecule has 0 bridgehead atoms. The summed E-state index contributed by atoms with van der Waals surface area (Å²) >= 11 is 2.07. The van der Waals surface area contributed by atoms with Crippen LogP contribution in [0.2, 0.25) is 0 Å². The molecule has 1 saturated carbocycles. The highest BCUT2D eigenvalue weighted by atomic mass is 32.2. The monoisotopic (exact) mass is 291 g/mol. The van der Waals surface area contributed by atoms with E-state index in [1.165, 1.54) is 35.5 Å². The van der Waals surface area contributed by atoms with Crippen molar-refractivity contribution in [2.45, 2.75) is 50.9 Å². The highest BCUT2D eigenvalue weighted by Gasteiger charge is 2.28. The van der Waals surface area contributed by atoms with E-state index in [-0.39, 0.29) is 0 Å². The lowest BCUT2D eigenvalue weighted by Crippen LogP contribution is -2.43. The van der Waals surface area contributed by atoms with Gasteiger partial charge in [0, 0.05) is 42.4 Å². The van der Waals surface area contributed by atoms with Gasteiger partial charge >= 0.3 is 0 Å². The molecule has 1 aromatic heterocycles. The average Bonchev–Trinajstić information content (AvgIpc) is 3.19. The third-order valence-corrected chi connectivity index (χ3v) is 5.30. The molecule has 0 amide bonds. The number of aryl methyl sites for hydroxylation is 1. The zero-order valence-corrected chi connectivity index (χ0v) is 13.6. The molecule has 4 heteroatoms. The number of thioether (sulfide) groups is 1. The fourth-order valence-electron chi connectivity index (χ4n) is 2.80. The summed E-state index contributed by atoms with van der Waals surface area (Å²) in [6.45, 7) is 10.0. The van der Waals surface area contributed by atoms with Crippen molar-refractivity contribution in [2.75, 3.05) is 23.7 Å². The van der Waals surface area contributed by atoms with Crippen LogP contribution < -0.4 is 10.2 Å². The Morgan fingerprint density at radius 3 is 2.90 bits per heavy atom. The summed E-state index contributed by atoms with van der Waals surface area (Å²) in [6, 6.07) is 3.06. The molecule has 2 fully saturated rings. The van der Waals surface area contributed by atoms with Crippen LogP contribution in [0.5, 0.6) is 0 Å².